The number of unbranched alkanes of at least 4 members (excludes halogenated alkanes) is 1. The molecule has 0 spiro atoms. The number of rotatable bonds is 8. The van der Waals surface area contributed by atoms with Crippen molar-refractivity contribution in [2.75, 3.05) is 12.9 Å². The largest absolute Gasteiger partial charge is 0.469 e. The van der Waals surface area contributed by atoms with Crippen LogP contribution < -0.4 is 0 Å². The number of hydrogen-bond acceptors (Lipinski definition) is 4. The number of methoxy groups -OCH3 is 1. The molecule has 20 heavy (non-hydrogen) atoms. The summed E-state index contributed by atoms with van der Waals surface area (Å²) >= 11 is 0. The number of carbonyl (C=O) groups excluding carboxylic acids is 2. The fourth-order valence-corrected chi connectivity index (χ4v) is 2.73. The molecule has 0 radical (unpaired) electrons. The summed E-state index contributed by atoms with van der Waals surface area (Å²) in [6.45, 7) is 1.96. The van der Waals surface area contributed by atoms with Gasteiger partial charge in [0.2, 0.25) is 0 Å². The van der Waals surface area contributed by atoms with E-state index in [1.165, 1.54) is 7.11 Å². The number of carbonyl (C=O) groups is 2. The Morgan fingerprint density at radius 1 is 1.10 bits per heavy atom. The van der Waals surface area contributed by atoms with E-state index in [1.54, 1.807) is 12.1 Å². The SMILES string of the molecule is COC(=O)CCCCC(=O)C[S@@](=O)c1ccc(C)cc1. The van der Waals surface area contributed by atoms with Crippen LogP contribution in [-0.2, 0) is 25.1 Å². The molecule has 0 unspecified atom stereocenters. The fourth-order valence-electron chi connectivity index (χ4n) is 1.69. The highest BCUT2D eigenvalue weighted by atomic mass is 32.2. The average Bonchev–Trinajstić information content (AvgIpc) is 2.43. The van der Waals surface area contributed by atoms with Gasteiger partial charge in [-0.3, -0.25) is 13.8 Å². The second-order valence-electron chi connectivity index (χ2n) is 4.62. The summed E-state index contributed by atoms with van der Waals surface area (Å²) in [7, 11) is 0.0667. The molecule has 4 nitrogen and oxygen atoms in total. The molecule has 1 atom stereocenters. The highest BCUT2D eigenvalue weighted by Gasteiger charge is 2.10. The Bertz CT molecular complexity index is 479. The van der Waals surface area contributed by atoms with E-state index in [-0.39, 0.29) is 17.5 Å². The standard InChI is InChI=1S/C15H20O4S/c1-12-7-9-14(10-8-12)20(18)11-13(16)5-3-4-6-15(17)19-2/h7-10H,3-6,11H2,1-2H3/t20-/m1/s1. The summed E-state index contributed by atoms with van der Waals surface area (Å²) < 4.78 is 16.5. The van der Waals surface area contributed by atoms with E-state index in [4.69, 9.17) is 0 Å². The van der Waals surface area contributed by atoms with Crippen molar-refractivity contribution in [2.45, 2.75) is 37.5 Å². The molecular formula is C15H20O4S. The third-order valence-electron chi connectivity index (χ3n) is 2.89. The van der Waals surface area contributed by atoms with Crippen LogP contribution in [0.2, 0.25) is 0 Å². The number of esters is 1. The molecule has 0 N–H and O–H groups in total. The van der Waals surface area contributed by atoms with E-state index >= 15 is 0 Å². The predicted octanol–water partition coefficient (Wildman–Crippen LogP) is 2.41. The Hall–Kier alpha value is -1.49. The number of hydrogen-bond donors (Lipinski definition) is 0. The van der Waals surface area contributed by atoms with E-state index < -0.39 is 10.8 Å². The quantitative estimate of drug-likeness (QED) is 0.546. The Balaban J connectivity index is 2.30. The van der Waals surface area contributed by atoms with Gasteiger partial charge >= 0.3 is 5.97 Å². The molecule has 0 aliphatic heterocycles. The molecule has 0 heterocycles. The van der Waals surface area contributed by atoms with Crippen LogP contribution in [0.3, 0.4) is 0 Å². The Morgan fingerprint density at radius 3 is 2.30 bits per heavy atom. The van der Waals surface area contributed by atoms with Gasteiger partial charge in [-0.1, -0.05) is 17.7 Å². The first-order chi connectivity index (χ1) is 9.52. The molecule has 0 aromatic heterocycles. The van der Waals surface area contributed by atoms with Crippen LogP contribution in [0.25, 0.3) is 0 Å². The molecule has 1 aromatic rings. The van der Waals surface area contributed by atoms with Gasteiger partial charge in [0.1, 0.15) is 5.78 Å². The number of ether oxygens (including phenoxy) is 1. The van der Waals surface area contributed by atoms with Gasteiger partial charge in [0.05, 0.1) is 23.7 Å². The minimum Gasteiger partial charge on any atom is -0.469 e. The molecule has 0 aliphatic carbocycles. The van der Waals surface area contributed by atoms with Gasteiger partial charge in [0.25, 0.3) is 0 Å². The third kappa shape index (κ3) is 6.10. The smallest absolute Gasteiger partial charge is 0.305 e. The molecular weight excluding hydrogens is 276 g/mol. The van der Waals surface area contributed by atoms with Crippen LogP contribution in [0.15, 0.2) is 29.2 Å². The van der Waals surface area contributed by atoms with Gasteiger partial charge in [0, 0.05) is 17.7 Å². The first-order valence-electron chi connectivity index (χ1n) is 6.56. The van der Waals surface area contributed by atoms with Crippen LogP contribution in [0, 0.1) is 6.92 Å². The molecule has 0 saturated carbocycles. The van der Waals surface area contributed by atoms with Crippen molar-refractivity contribution in [3.63, 3.8) is 0 Å². The van der Waals surface area contributed by atoms with Gasteiger partial charge < -0.3 is 4.74 Å². The van der Waals surface area contributed by atoms with Gasteiger partial charge in [-0.15, -0.1) is 0 Å². The molecule has 0 amide bonds. The lowest BCUT2D eigenvalue weighted by Gasteiger charge is -2.03. The molecule has 0 aliphatic rings. The zero-order chi connectivity index (χ0) is 15.0. The van der Waals surface area contributed by atoms with E-state index in [2.05, 4.69) is 4.74 Å². The first kappa shape index (κ1) is 16.6. The predicted molar refractivity (Wildman–Crippen MR) is 77.9 cm³/mol. The lowest BCUT2D eigenvalue weighted by molar-refractivity contribution is -0.140. The van der Waals surface area contributed by atoms with Crippen LogP contribution in [0.5, 0.6) is 0 Å². The summed E-state index contributed by atoms with van der Waals surface area (Å²) in [4.78, 5) is 23.3. The summed E-state index contributed by atoms with van der Waals surface area (Å²) in [5, 5.41) is 0. The molecule has 0 bridgehead atoms. The maximum atomic E-state index is 12.0. The number of ketones is 1. The number of benzene rings is 1. The molecule has 1 rings (SSSR count). The third-order valence-corrected chi connectivity index (χ3v) is 4.27. The molecule has 110 valence electrons. The van der Waals surface area contributed by atoms with E-state index in [1.807, 2.05) is 19.1 Å². The Labute approximate surface area is 122 Å². The average molecular weight is 296 g/mol. The summed E-state index contributed by atoms with van der Waals surface area (Å²) in [5.74, 6) is -0.254. The summed E-state index contributed by atoms with van der Waals surface area (Å²) in [5.41, 5.74) is 1.10. The van der Waals surface area contributed by atoms with Gasteiger partial charge in [-0.25, -0.2) is 0 Å². The van der Waals surface area contributed by atoms with Crippen molar-refractivity contribution >= 4 is 22.6 Å². The van der Waals surface area contributed by atoms with Crippen molar-refractivity contribution in [1.29, 1.82) is 0 Å². The van der Waals surface area contributed by atoms with Crippen LogP contribution >= 0.6 is 0 Å². The van der Waals surface area contributed by atoms with E-state index in [0.29, 0.717) is 30.6 Å². The van der Waals surface area contributed by atoms with Crippen molar-refractivity contribution in [3.05, 3.63) is 29.8 Å². The second-order valence-corrected chi connectivity index (χ2v) is 6.08. The van der Waals surface area contributed by atoms with Crippen molar-refractivity contribution < 1.29 is 18.5 Å². The van der Waals surface area contributed by atoms with Crippen molar-refractivity contribution in [3.8, 4) is 0 Å². The Kier molecular flexibility index (Phi) is 7.15. The zero-order valence-electron chi connectivity index (χ0n) is 11.9. The monoisotopic (exact) mass is 296 g/mol. The molecule has 0 fully saturated rings. The first-order valence-corrected chi connectivity index (χ1v) is 7.88. The minimum atomic E-state index is -1.28. The molecule has 0 saturated heterocycles. The lowest BCUT2D eigenvalue weighted by Crippen LogP contribution is -2.11. The summed E-state index contributed by atoms with van der Waals surface area (Å²) in [6, 6.07) is 7.34. The highest BCUT2D eigenvalue weighted by molar-refractivity contribution is 7.85. The topological polar surface area (TPSA) is 60.4 Å². The summed E-state index contributed by atoms with van der Waals surface area (Å²) in [6.07, 6.45) is 1.92. The van der Waals surface area contributed by atoms with Crippen LogP contribution in [-0.4, -0.2) is 28.8 Å². The van der Waals surface area contributed by atoms with Gasteiger partial charge in [-0.2, -0.15) is 0 Å². The van der Waals surface area contributed by atoms with Gasteiger partial charge in [-0.05, 0) is 31.9 Å². The van der Waals surface area contributed by atoms with Crippen LogP contribution in [0.4, 0.5) is 0 Å². The maximum absolute atomic E-state index is 12.0. The van der Waals surface area contributed by atoms with Crippen molar-refractivity contribution in [2.24, 2.45) is 0 Å². The molecule has 5 heteroatoms. The normalized spacial score (nSPS) is 11.9. The van der Waals surface area contributed by atoms with Crippen LogP contribution in [0.1, 0.15) is 31.2 Å². The fraction of sp³-hybridized carbons (Fsp3) is 0.467. The Morgan fingerprint density at radius 2 is 1.70 bits per heavy atom. The van der Waals surface area contributed by atoms with Gasteiger partial charge in [0.15, 0.2) is 0 Å². The lowest BCUT2D eigenvalue weighted by atomic mass is 10.1. The van der Waals surface area contributed by atoms with E-state index in [9.17, 15) is 13.8 Å². The minimum absolute atomic E-state index is 0.0335. The zero-order valence-corrected chi connectivity index (χ0v) is 12.7. The highest BCUT2D eigenvalue weighted by Crippen LogP contribution is 2.10. The second kappa shape index (κ2) is 8.64. The maximum Gasteiger partial charge on any atom is 0.305 e. The van der Waals surface area contributed by atoms with Crippen molar-refractivity contribution in [1.82, 2.24) is 0 Å². The van der Waals surface area contributed by atoms with E-state index in [0.717, 1.165) is 5.56 Å². The number of Topliss-reactive ketones (excluding diaryl/α,β-unsaturated/α-hetero) is 1. The molecule has 1 aromatic carbocycles. The number of aryl methyl sites for hydroxylation is 1.